The topological polar surface area (TPSA) is 12.4 Å². The summed E-state index contributed by atoms with van der Waals surface area (Å²) in [6.07, 6.45) is 2.32. The van der Waals surface area contributed by atoms with Gasteiger partial charge in [-0.1, -0.05) is 6.92 Å². The van der Waals surface area contributed by atoms with E-state index in [1.165, 1.54) is 6.92 Å². The van der Waals surface area contributed by atoms with E-state index < -0.39 is 0 Å². The fraction of sp³-hybridized carbons (Fsp3) is 0.625. The third-order valence-corrected chi connectivity index (χ3v) is 1.25. The second-order valence-corrected chi connectivity index (χ2v) is 2.04. The molecule has 0 heterocycles. The normalized spacial score (nSPS) is 14.0. The average Bonchev–Trinajstić information content (AvgIpc) is 1.89. The molecule has 10 heavy (non-hydrogen) atoms. The second kappa shape index (κ2) is 5.15. The number of halogens is 1. The first-order valence-electron chi connectivity index (χ1n) is 3.57. The fourth-order valence-electron chi connectivity index (χ4n) is 0.625. The second-order valence-electron chi connectivity index (χ2n) is 2.04. The highest BCUT2D eigenvalue weighted by atomic mass is 19.1. The Bertz CT molecular complexity index is 143. The van der Waals surface area contributed by atoms with Crippen molar-refractivity contribution in [1.82, 2.24) is 0 Å². The molecular weight excluding hydrogens is 129 g/mol. The first-order chi connectivity index (χ1) is 4.72. The molecule has 0 unspecified atom stereocenters. The van der Waals surface area contributed by atoms with Crippen LogP contribution < -0.4 is 0 Å². The molecule has 0 bridgehead atoms. The summed E-state index contributed by atoms with van der Waals surface area (Å²) < 4.78 is 12.5. The Labute approximate surface area is 61.7 Å². The van der Waals surface area contributed by atoms with Crippen LogP contribution in [0.5, 0.6) is 0 Å². The molecule has 0 aliphatic carbocycles. The van der Waals surface area contributed by atoms with Gasteiger partial charge in [0.05, 0.1) is 0 Å². The van der Waals surface area contributed by atoms with Crippen LogP contribution in [0, 0.1) is 0 Å². The van der Waals surface area contributed by atoms with Crippen molar-refractivity contribution in [3.8, 4) is 0 Å². The van der Waals surface area contributed by atoms with Crippen LogP contribution in [0.4, 0.5) is 4.39 Å². The molecule has 0 N–H and O–H groups in total. The van der Waals surface area contributed by atoms with Gasteiger partial charge in [0.15, 0.2) is 0 Å². The predicted molar refractivity (Wildman–Crippen MR) is 43.1 cm³/mol. The number of rotatable bonds is 3. The van der Waals surface area contributed by atoms with Crippen LogP contribution in [0.1, 0.15) is 27.2 Å². The van der Waals surface area contributed by atoms with Crippen LogP contribution >= 0.6 is 0 Å². The molecule has 0 spiro atoms. The zero-order valence-corrected chi connectivity index (χ0v) is 6.82. The molecule has 0 rings (SSSR count). The first kappa shape index (κ1) is 9.34. The van der Waals surface area contributed by atoms with Crippen molar-refractivity contribution < 1.29 is 4.39 Å². The third kappa shape index (κ3) is 3.38. The van der Waals surface area contributed by atoms with Gasteiger partial charge in [-0.15, -0.1) is 0 Å². The predicted octanol–water partition coefficient (Wildman–Crippen LogP) is 2.73. The molecule has 0 fully saturated rings. The van der Waals surface area contributed by atoms with Crippen LogP contribution in [0.2, 0.25) is 0 Å². The van der Waals surface area contributed by atoms with Gasteiger partial charge in [-0.25, -0.2) is 4.39 Å². The standard InChI is InChI=1S/C8H14FN/c1-4-8(7(3)9)6-10-5-2/h6H,4-5H2,1-3H3/b8-7-,10-6?. The van der Waals surface area contributed by atoms with Gasteiger partial charge in [-0.05, 0) is 20.3 Å². The van der Waals surface area contributed by atoms with E-state index in [-0.39, 0.29) is 5.83 Å². The Balaban J connectivity index is 4.10. The molecule has 58 valence electrons. The summed E-state index contributed by atoms with van der Waals surface area (Å²) in [7, 11) is 0. The molecule has 2 heteroatoms. The minimum Gasteiger partial charge on any atom is -0.293 e. The minimum atomic E-state index is -0.125. The Hall–Kier alpha value is -0.660. The molecule has 0 saturated carbocycles. The molecular formula is C8H14FN. The zero-order valence-electron chi connectivity index (χ0n) is 6.82. The summed E-state index contributed by atoms with van der Waals surface area (Å²) >= 11 is 0. The van der Waals surface area contributed by atoms with Crippen molar-refractivity contribution >= 4 is 6.21 Å². The highest BCUT2D eigenvalue weighted by molar-refractivity contribution is 5.78. The van der Waals surface area contributed by atoms with Gasteiger partial charge >= 0.3 is 0 Å². The summed E-state index contributed by atoms with van der Waals surface area (Å²) in [6.45, 7) is 6.02. The van der Waals surface area contributed by atoms with Gasteiger partial charge in [-0.3, -0.25) is 4.99 Å². The first-order valence-corrected chi connectivity index (χ1v) is 3.57. The van der Waals surface area contributed by atoms with E-state index in [1.807, 2.05) is 13.8 Å². The van der Waals surface area contributed by atoms with Gasteiger partial charge in [-0.2, -0.15) is 0 Å². The summed E-state index contributed by atoms with van der Waals surface area (Å²) in [5, 5.41) is 0. The van der Waals surface area contributed by atoms with Gasteiger partial charge < -0.3 is 0 Å². The Morgan fingerprint density at radius 2 is 2.10 bits per heavy atom. The number of nitrogens with zero attached hydrogens (tertiary/aromatic N) is 1. The van der Waals surface area contributed by atoms with Gasteiger partial charge in [0.1, 0.15) is 5.83 Å². The molecule has 0 aromatic heterocycles. The lowest BCUT2D eigenvalue weighted by molar-refractivity contribution is 0.629. The highest BCUT2D eigenvalue weighted by Crippen LogP contribution is 2.06. The number of allylic oxidation sites excluding steroid dienone is 2. The molecule has 0 aliphatic rings. The quantitative estimate of drug-likeness (QED) is 0.539. The van der Waals surface area contributed by atoms with Crippen molar-refractivity contribution in [2.75, 3.05) is 6.54 Å². The maximum Gasteiger partial charge on any atom is 0.102 e. The van der Waals surface area contributed by atoms with Crippen LogP contribution in [0.25, 0.3) is 0 Å². The molecule has 1 nitrogen and oxygen atoms in total. The average molecular weight is 143 g/mol. The van der Waals surface area contributed by atoms with Crippen LogP contribution in [-0.2, 0) is 0 Å². The lowest BCUT2D eigenvalue weighted by Crippen LogP contribution is -1.85. The van der Waals surface area contributed by atoms with Crippen LogP contribution in [-0.4, -0.2) is 12.8 Å². The lowest BCUT2D eigenvalue weighted by atomic mass is 10.2. The summed E-state index contributed by atoms with van der Waals surface area (Å²) in [4.78, 5) is 3.94. The summed E-state index contributed by atoms with van der Waals surface area (Å²) in [5.41, 5.74) is 0.696. The monoisotopic (exact) mass is 143 g/mol. The summed E-state index contributed by atoms with van der Waals surface area (Å²) in [5.74, 6) is -0.125. The Kier molecular flexibility index (Phi) is 4.81. The highest BCUT2D eigenvalue weighted by Gasteiger charge is 1.93. The van der Waals surface area contributed by atoms with Crippen molar-refractivity contribution in [2.45, 2.75) is 27.2 Å². The van der Waals surface area contributed by atoms with E-state index in [1.54, 1.807) is 6.21 Å². The maximum atomic E-state index is 12.5. The molecule has 0 amide bonds. The minimum absolute atomic E-state index is 0.125. The molecule has 0 aromatic rings. The van der Waals surface area contributed by atoms with Gasteiger partial charge in [0.25, 0.3) is 0 Å². The van der Waals surface area contributed by atoms with Crippen LogP contribution in [0.15, 0.2) is 16.4 Å². The van der Waals surface area contributed by atoms with E-state index >= 15 is 0 Å². The molecule has 0 aliphatic heterocycles. The Morgan fingerprint density at radius 1 is 1.50 bits per heavy atom. The van der Waals surface area contributed by atoms with Crippen LogP contribution in [0.3, 0.4) is 0 Å². The molecule has 0 aromatic carbocycles. The summed E-state index contributed by atoms with van der Waals surface area (Å²) in [6, 6.07) is 0. The van der Waals surface area contributed by atoms with E-state index in [9.17, 15) is 4.39 Å². The van der Waals surface area contributed by atoms with Crippen molar-refractivity contribution in [2.24, 2.45) is 4.99 Å². The Morgan fingerprint density at radius 3 is 2.40 bits per heavy atom. The van der Waals surface area contributed by atoms with Crippen molar-refractivity contribution in [3.05, 3.63) is 11.4 Å². The third-order valence-electron chi connectivity index (χ3n) is 1.25. The van der Waals surface area contributed by atoms with Crippen molar-refractivity contribution in [1.29, 1.82) is 0 Å². The van der Waals surface area contributed by atoms with Gasteiger partial charge in [0, 0.05) is 18.3 Å². The number of aliphatic imine (C=N–C) groups is 1. The fourth-order valence-corrected chi connectivity index (χ4v) is 0.625. The number of hydrogen-bond donors (Lipinski definition) is 0. The maximum absolute atomic E-state index is 12.5. The van der Waals surface area contributed by atoms with E-state index in [2.05, 4.69) is 4.99 Å². The molecule has 0 atom stereocenters. The van der Waals surface area contributed by atoms with E-state index in [0.29, 0.717) is 12.0 Å². The zero-order chi connectivity index (χ0) is 7.98. The van der Waals surface area contributed by atoms with E-state index in [0.717, 1.165) is 6.54 Å². The molecule has 0 radical (unpaired) electrons. The van der Waals surface area contributed by atoms with Gasteiger partial charge in [0.2, 0.25) is 0 Å². The smallest absolute Gasteiger partial charge is 0.102 e. The lowest BCUT2D eigenvalue weighted by Gasteiger charge is -1.94. The SMILES string of the molecule is CCN=C/C(CC)=C(/C)F. The van der Waals surface area contributed by atoms with Crippen molar-refractivity contribution in [3.63, 3.8) is 0 Å². The largest absolute Gasteiger partial charge is 0.293 e. The number of hydrogen-bond acceptors (Lipinski definition) is 1. The van der Waals surface area contributed by atoms with E-state index in [4.69, 9.17) is 0 Å². The molecule has 0 saturated heterocycles.